The van der Waals surface area contributed by atoms with Crippen molar-refractivity contribution >= 4 is 5.91 Å². The Kier molecular flexibility index (Phi) is 15.1. The summed E-state index contributed by atoms with van der Waals surface area (Å²) in [6.45, 7) is 5.31. The van der Waals surface area contributed by atoms with Gasteiger partial charge in [-0.3, -0.25) is 4.79 Å². The molecule has 0 spiro atoms. The largest absolute Gasteiger partial charge is 0.356 e. The van der Waals surface area contributed by atoms with Crippen LogP contribution in [0.4, 0.5) is 0 Å². The zero-order chi connectivity index (χ0) is 14.2. The molecule has 0 aliphatic rings. The molecule has 0 radical (unpaired) electrons. The van der Waals surface area contributed by atoms with E-state index < -0.39 is 0 Å². The van der Waals surface area contributed by atoms with E-state index in [0.717, 1.165) is 25.8 Å². The van der Waals surface area contributed by atoms with Gasteiger partial charge in [0.2, 0.25) is 5.91 Å². The lowest BCUT2D eigenvalue weighted by Gasteiger charge is -2.05. The lowest BCUT2D eigenvalue weighted by molar-refractivity contribution is -0.121. The summed E-state index contributed by atoms with van der Waals surface area (Å²) in [4.78, 5) is 11.5. The molecule has 114 valence electrons. The van der Waals surface area contributed by atoms with Crippen molar-refractivity contribution in [2.45, 2.75) is 97.3 Å². The highest BCUT2D eigenvalue weighted by atomic mass is 16.1. The van der Waals surface area contributed by atoms with Crippen LogP contribution >= 0.6 is 0 Å². The van der Waals surface area contributed by atoms with Gasteiger partial charge in [0, 0.05) is 13.0 Å². The monoisotopic (exact) mass is 269 g/mol. The summed E-state index contributed by atoms with van der Waals surface area (Å²) in [5.41, 5.74) is 0. The van der Waals surface area contributed by atoms with Gasteiger partial charge in [0.15, 0.2) is 0 Å². The van der Waals surface area contributed by atoms with Gasteiger partial charge in [0.05, 0.1) is 0 Å². The van der Waals surface area contributed by atoms with Crippen LogP contribution in [0.1, 0.15) is 97.3 Å². The first kappa shape index (κ1) is 18.5. The van der Waals surface area contributed by atoms with Crippen molar-refractivity contribution in [2.75, 3.05) is 6.54 Å². The molecular formula is C17H35NO. The highest BCUT2D eigenvalue weighted by molar-refractivity contribution is 5.75. The van der Waals surface area contributed by atoms with E-state index in [0.29, 0.717) is 0 Å². The highest BCUT2D eigenvalue weighted by Gasteiger charge is 2.00. The van der Waals surface area contributed by atoms with Crippen LogP contribution < -0.4 is 5.32 Å². The van der Waals surface area contributed by atoms with Gasteiger partial charge >= 0.3 is 0 Å². The molecule has 0 aromatic carbocycles. The molecule has 0 aliphatic carbocycles. The quantitative estimate of drug-likeness (QED) is 0.431. The molecule has 1 N–H and O–H groups in total. The average molecular weight is 269 g/mol. The van der Waals surface area contributed by atoms with E-state index in [1.165, 1.54) is 64.2 Å². The molecule has 0 aliphatic heterocycles. The molecule has 0 atom stereocenters. The number of nitrogens with one attached hydrogen (secondary N) is 1. The minimum Gasteiger partial charge on any atom is -0.356 e. The molecule has 0 saturated carbocycles. The fraction of sp³-hybridized carbons (Fsp3) is 0.941. The Labute approximate surface area is 120 Å². The third kappa shape index (κ3) is 15.4. The maximum atomic E-state index is 11.5. The van der Waals surface area contributed by atoms with Gasteiger partial charge < -0.3 is 5.32 Å². The third-order valence-electron chi connectivity index (χ3n) is 3.61. The van der Waals surface area contributed by atoms with Crippen LogP contribution in [-0.2, 0) is 4.79 Å². The predicted octanol–water partition coefficient (Wildman–Crippen LogP) is 5.21. The Hall–Kier alpha value is -0.530. The van der Waals surface area contributed by atoms with Crippen LogP contribution in [0.5, 0.6) is 0 Å². The summed E-state index contributed by atoms with van der Waals surface area (Å²) in [7, 11) is 0. The fourth-order valence-corrected chi connectivity index (χ4v) is 2.29. The number of hydrogen-bond donors (Lipinski definition) is 1. The second-order valence-corrected chi connectivity index (χ2v) is 5.64. The van der Waals surface area contributed by atoms with Crippen molar-refractivity contribution in [3.63, 3.8) is 0 Å². The van der Waals surface area contributed by atoms with Crippen LogP contribution in [0.2, 0.25) is 0 Å². The minimum absolute atomic E-state index is 0.249. The summed E-state index contributed by atoms with van der Waals surface area (Å²) in [6, 6.07) is 0. The SMILES string of the molecule is CCCCCCCCCCCC(=O)NCCCCC. The van der Waals surface area contributed by atoms with Gasteiger partial charge in [-0.05, 0) is 12.8 Å². The van der Waals surface area contributed by atoms with E-state index in [-0.39, 0.29) is 5.91 Å². The average Bonchev–Trinajstić information content (AvgIpc) is 2.42. The van der Waals surface area contributed by atoms with Crippen molar-refractivity contribution in [3.8, 4) is 0 Å². The van der Waals surface area contributed by atoms with Crippen molar-refractivity contribution < 1.29 is 4.79 Å². The predicted molar refractivity (Wildman–Crippen MR) is 84.4 cm³/mol. The fourth-order valence-electron chi connectivity index (χ4n) is 2.29. The van der Waals surface area contributed by atoms with Crippen molar-refractivity contribution in [1.82, 2.24) is 5.32 Å². The number of hydrogen-bond acceptors (Lipinski definition) is 1. The Balaban J connectivity index is 3.10. The molecule has 2 heteroatoms. The zero-order valence-corrected chi connectivity index (χ0v) is 13.3. The standard InChI is InChI=1S/C17H35NO/c1-3-5-7-8-9-10-11-12-13-15-17(19)18-16-14-6-4-2/h3-16H2,1-2H3,(H,18,19). The number of carbonyl (C=O) groups is 1. The molecule has 0 fully saturated rings. The number of rotatable bonds is 14. The second kappa shape index (κ2) is 15.5. The Morgan fingerprint density at radius 1 is 0.684 bits per heavy atom. The maximum absolute atomic E-state index is 11.5. The zero-order valence-electron chi connectivity index (χ0n) is 13.3. The Bertz CT molecular complexity index is 192. The van der Waals surface area contributed by atoms with Crippen LogP contribution in [0.15, 0.2) is 0 Å². The normalized spacial score (nSPS) is 10.6. The summed E-state index contributed by atoms with van der Waals surface area (Å²) in [5.74, 6) is 0.249. The van der Waals surface area contributed by atoms with Crippen LogP contribution in [0.3, 0.4) is 0 Å². The lowest BCUT2D eigenvalue weighted by atomic mass is 10.1. The van der Waals surface area contributed by atoms with Gasteiger partial charge in [0.1, 0.15) is 0 Å². The van der Waals surface area contributed by atoms with Crippen molar-refractivity contribution in [1.29, 1.82) is 0 Å². The van der Waals surface area contributed by atoms with E-state index in [1.807, 2.05) is 0 Å². The number of unbranched alkanes of at least 4 members (excludes halogenated alkanes) is 10. The molecule has 0 rings (SSSR count). The van der Waals surface area contributed by atoms with E-state index in [2.05, 4.69) is 19.2 Å². The van der Waals surface area contributed by atoms with Crippen molar-refractivity contribution in [2.24, 2.45) is 0 Å². The van der Waals surface area contributed by atoms with Crippen LogP contribution in [-0.4, -0.2) is 12.5 Å². The van der Waals surface area contributed by atoms with E-state index >= 15 is 0 Å². The summed E-state index contributed by atoms with van der Waals surface area (Å²) in [5, 5.41) is 3.00. The molecule has 0 saturated heterocycles. The summed E-state index contributed by atoms with van der Waals surface area (Å²) in [6.07, 6.45) is 16.1. The first-order valence-corrected chi connectivity index (χ1v) is 8.58. The molecule has 2 nitrogen and oxygen atoms in total. The molecule has 0 bridgehead atoms. The molecule has 0 aromatic heterocycles. The van der Waals surface area contributed by atoms with Gasteiger partial charge in [-0.2, -0.15) is 0 Å². The molecule has 19 heavy (non-hydrogen) atoms. The van der Waals surface area contributed by atoms with E-state index in [1.54, 1.807) is 0 Å². The first-order chi connectivity index (χ1) is 9.31. The summed E-state index contributed by atoms with van der Waals surface area (Å²) < 4.78 is 0. The molecule has 0 heterocycles. The molecule has 1 amide bonds. The molecule has 0 aromatic rings. The van der Waals surface area contributed by atoms with Crippen molar-refractivity contribution in [3.05, 3.63) is 0 Å². The topological polar surface area (TPSA) is 29.1 Å². The third-order valence-corrected chi connectivity index (χ3v) is 3.61. The molecule has 0 unspecified atom stereocenters. The molecular weight excluding hydrogens is 234 g/mol. The van der Waals surface area contributed by atoms with E-state index in [9.17, 15) is 4.79 Å². The van der Waals surface area contributed by atoms with Gasteiger partial charge in [-0.25, -0.2) is 0 Å². The number of carbonyl (C=O) groups excluding carboxylic acids is 1. The lowest BCUT2D eigenvalue weighted by Crippen LogP contribution is -2.23. The summed E-state index contributed by atoms with van der Waals surface area (Å²) >= 11 is 0. The first-order valence-electron chi connectivity index (χ1n) is 8.58. The Morgan fingerprint density at radius 3 is 1.74 bits per heavy atom. The number of amides is 1. The minimum atomic E-state index is 0.249. The van der Waals surface area contributed by atoms with Gasteiger partial charge in [-0.15, -0.1) is 0 Å². The maximum Gasteiger partial charge on any atom is 0.219 e. The highest BCUT2D eigenvalue weighted by Crippen LogP contribution is 2.10. The van der Waals surface area contributed by atoms with Crippen LogP contribution in [0, 0.1) is 0 Å². The van der Waals surface area contributed by atoms with Gasteiger partial charge in [-0.1, -0.05) is 78.1 Å². The Morgan fingerprint density at radius 2 is 1.16 bits per heavy atom. The van der Waals surface area contributed by atoms with Gasteiger partial charge in [0.25, 0.3) is 0 Å². The van der Waals surface area contributed by atoms with Crippen LogP contribution in [0.25, 0.3) is 0 Å². The van der Waals surface area contributed by atoms with E-state index in [4.69, 9.17) is 0 Å². The second-order valence-electron chi connectivity index (χ2n) is 5.64. The smallest absolute Gasteiger partial charge is 0.219 e.